The Bertz CT molecular complexity index is 1710. The van der Waals surface area contributed by atoms with E-state index in [4.69, 9.17) is 9.47 Å². The summed E-state index contributed by atoms with van der Waals surface area (Å²) in [4.78, 5) is 18.7. The van der Waals surface area contributed by atoms with Gasteiger partial charge in [0.15, 0.2) is 17.3 Å². The largest absolute Gasteiger partial charge is 0.454 e. The van der Waals surface area contributed by atoms with E-state index in [-0.39, 0.29) is 18.4 Å². The molecule has 40 heavy (non-hydrogen) atoms. The van der Waals surface area contributed by atoms with Gasteiger partial charge in [0.05, 0.1) is 12.6 Å². The van der Waals surface area contributed by atoms with Gasteiger partial charge in [-0.2, -0.15) is 0 Å². The van der Waals surface area contributed by atoms with Gasteiger partial charge in [-0.05, 0) is 88.7 Å². The van der Waals surface area contributed by atoms with Crippen LogP contribution in [0.2, 0.25) is 0 Å². The van der Waals surface area contributed by atoms with Gasteiger partial charge in [0.25, 0.3) is 5.56 Å². The van der Waals surface area contributed by atoms with Crippen molar-refractivity contribution in [1.29, 1.82) is 0 Å². The van der Waals surface area contributed by atoms with Gasteiger partial charge < -0.3 is 14.5 Å². The summed E-state index contributed by atoms with van der Waals surface area (Å²) >= 11 is 0. The molecule has 9 nitrogen and oxygen atoms in total. The third-order valence-corrected chi connectivity index (χ3v) is 7.59. The van der Waals surface area contributed by atoms with Crippen LogP contribution in [0.1, 0.15) is 53.0 Å². The van der Waals surface area contributed by atoms with Crippen LogP contribution in [-0.4, -0.2) is 36.9 Å². The molecule has 0 bridgehead atoms. The van der Waals surface area contributed by atoms with Gasteiger partial charge in [-0.25, -0.2) is 4.68 Å². The number of tetrazole rings is 1. The first-order chi connectivity index (χ1) is 19.5. The Kier molecular flexibility index (Phi) is 7.04. The van der Waals surface area contributed by atoms with Crippen molar-refractivity contribution in [2.24, 2.45) is 0 Å². The minimum atomic E-state index is -0.140. The maximum Gasteiger partial charge on any atom is 0.252 e. The molecule has 9 heteroatoms. The number of aromatic nitrogens is 5. The molecule has 204 valence electrons. The number of nitrogens with zero attached hydrogens (tertiary/aromatic N) is 5. The first-order valence-electron chi connectivity index (χ1n) is 13.5. The number of nitrogens with one attached hydrogen (secondary N) is 1. The minimum absolute atomic E-state index is 0.0924. The molecule has 1 aliphatic rings. The van der Waals surface area contributed by atoms with Crippen molar-refractivity contribution in [2.75, 3.05) is 6.79 Å². The third-order valence-electron chi connectivity index (χ3n) is 7.59. The molecular weight excluding hydrogens is 504 g/mol. The van der Waals surface area contributed by atoms with Crippen LogP contribution in [0.4, 0.5) is 0 Å². The highest BCUT2D eigenvalue weighted by molar-refractivity contribution is 5.80. The van der Waals surface area contributed by atoms with Crippen molar-refractivity contribution < 1.29 is 9.47 Å². The second-order valence-electron chi connectivity index (χ2n) is 10.3. The molecule has 1 aliphatic heterocycles. The van der Waals surface area contributed by atoms with E-state index in [9.17, 15) is 4.79 Å². The van der Waals surface area contributed by atoms with E-state index in [0.717, 1.165) is 51.3 Å². The maximum atomic E-state index is 13.3. The number of fused-ring (bicyclic) bond motifs is 2. The van der Waals surface area contributed by atoms with E-state index in [1.807, 2.05) is 53.2 Å². The number of pyridine rings is 1. The van der Waals surface area contributed by atoms with Crippen LogP contribution in [-0.2, 0) is 19.6 Å². The molecule has 3 heterocycles. The quantitative estimate of drug-likeness (QED) is 0.281. The number of aromatic amines is 1. The molecule has 0 unspecified atom stereocenters. The number of benzene rings is 3. The molecule has 0 fully saturated rings. The van der Waals surface area contributed by atoms with Gasteiger partial charge in [-0.1, -0.05) is 43.3 Å². The summed E-state index contributed by atoms with van der Waals surface area (Å²) in [6.45, 7) is 8.04. The Morgan fingerprint density at radius 1 is 0.950 bits per heavy atom. The van der Waals surface area contributed by atoms with E-state index in [1.165, 1.54) is 5.56 Å². The van der Waals surface area contributed by atoms with E-state index >= 15 is 0 Å². The highest BCUT2D eigenvalue weighted by atomic mass is 16.7. The van der Waals surface area contributed by atoms with Gasteiger partial charge in [-0.15, -0.1) is 5.10 Å². The number of hydrogen-bond donors (Lipinski definition) is 1. The molecule has 0 amide bonds. The van der Waals surface area contributed by atoms with Gasteiger partial charge in [0.1, 0.15) is 0 Å². The molecule has 2 aromatic heterocycles. The number of hydrogen-bond acceptors (Lipinski definition) is 7. The summed E-state index contributed by atoms with van der Waals surface area (Å²) in [5.41, 5.74) is 5.95. The molecule has 0 saturated heterocycles. The lowest BCUT2D eigenvalue weighted by Gasteiger charge is -2.30. The normalized spacial score (nSPS) is 13.3. The first kappa shape index (κ1) is 25.8. The molecule has 0 saturated carbocycles. The Labute approximate surface area is 232 Å². The highest BCUT2D eigenvalue weighted by Crippen LogP contribution is 2.34. The fourth-order valence-electron chi connectivity index (χ4n) is 5.33. The summed E-state index contributed by atoms with van der Waals surface area (Å²) < 4.78 is 13.0. The van der Waals surface area contributed by atoms with Gasteiger partial charge in [0, 0.05) is 24.2 Å². The lowest BCUT2D eigenvalue weighted by Crippen LogP contribution is -2.32. The van der Waals surface area contributed by atoms with Crippen molar-refractivity contribution in [3.05, 3.63) is 111 Å². The van der Waals surface area contributed by atoms with Crippen LogP contribution in [0, 0.1) is 13.8 Å². The van der Waals surface area contributed by atoms with Crippen molar-refractivity contribution in [2.45, 2.75) is 52.9 Å². The number of ether oxygens (including phenoxy) is 2. The second kappa shape index (κ2) is 10.9. The Hall–Kier alpha value is -4.50. The highest BCUT2D eigenvalue weighted by Gasteiger charge is 2.27. The lowest BCUT2D eigenvalue weighted by molar-refractivity contribution is 0.161. The molecule has 5 aromatic rings. The zero-order chi connectivity index (χ0) is 27.6. The average molecular weight is 537 g/mol. The van der Waals surface area contributed by atoms with Gasteiger partial charge in [-0.3, -0.25) is 9.69 Å². The summed E-state index contributed by atoms with van der Waals surface area (Å²) in [7, 11) is 0. The summed E-state index contributed by atoms with van der Waals surface area (Å²) in [5, 5.41) is 13.8. The standard InChI is InChI=1S/C31H32N6O3/c1-4-27(30-33-34-35-37(30)17-22-8-6-5-7-9-22)36(16-23-10-11-28-29(14-23)40-19-39-28)18-25-15-24-12-20(2)21(3)13-26(24)32-31(25)38/h5-15,27H,4,16-19H2,1-3H3,(H,32,38)/t27-/m1/s1. The molecule has 0 spiro atoms. The van der Waals surface area contributed by atoms with E-state index in [0.29, 0.717) is 25.2 Å². The first-order valence-corrected chi connectivity index (χ1v) is 13.5. The predicted molar refractivity (Wildman–Crippen MR) is 152 cm³/mol. The van der Waals surface area contributed by atoms with E-state index in [1.54, 1.807) is 0 Å². The van der Waals surface area contributed by atoms with Crippen LogP contribution in [0.5, 0.6) is 11.5 Å². The molecule has 0 aliphatic carbocycles. The lowest BCUT2D eigenvalue weighted by atomic mass is 10.0. The monoisotopic (exact) mass is 536 g/mol. The van der Waals surface area contributed by atoms with Gasteiger partial charge in [0.2, 0.25) is 6.79 Å². The number of rotatable bonds is 9. The SMILES string of the molecule is CC[C@H](c1nnnn1Cc1ccccc1)N(Cc1ccc2c(c1)OCO2)Cc1cc2cc(C)c(C)cc2[nH]c1=O. The van der Waals surface area contributed by atoms with Crippen LogP contribution in [0.15, 0.2) is 71.5 Å². The maximum absolute atomic E-state index is 13.3. The summed E-state index contributed by atoms with van der Waals surface area (Å²) in [6, 6.07) is 22.2. The third kappa shape index (κ3) is 5.20. The van der Waals surface area contributed by atoms with Crippen LogP contribution in [0.25, 0.3) is 10.9 Å². The van der Waals surface area contributed by atoms with Crippen LogP contribution < -0.4 is 15.0 Å². The van der Waals surface area contributed by atoms with Crippen molar-refractivity contribution in [3.63, 3.8) is 0 Å². The topological polar surface area (TPSA) is 98.2 Å². The average Bonchev–Trinajstić information content (AvgIpc) is 3.61. The molecular formula is C31H32N6O3. The molecule has 3 aromatic carbocycles. The molecule has 1 N–H and O–H groups in total. The Morgan fingerprint density at radius 2 is 1.75 bits per heavy atom. The zero-order valence-corrected chi connectivity index (χ0v) is 22.9. The zero-order valence-electron chi connectivity index (χ0n) is 22.9. The fraction of sp³-hybridized carbons (Fsp3) is 0.290. The number of aryl methyl sites for hydroxylation is 2. The molecule has 1 atom stereocenters. The summed E-state index contributed by atoms with van der Waals surface area (Å²) in [6.07, 6.45) is 0.753. The van der Waals surface area contributed by atoms with E-state index < -0.39 is 0 Å². The van der Waals surface area contributed by atoms with Gasteiger partial charge >= 0.3 is 0 Å². The Balaban J connectivity index is 1.38. The van der Waals surface area contributed by atoms with E-state index in [2.05, 4.69) is 64.4 Å². The van der Waals surface area contributed by atoms with Crippen LogP contribution >= 0.6 is 0 Å². The van der Waals surface area contributed by atoms with Crippen molar-refractivity contribution in [3.8, 4) is 11.5 Å². The van der Waals surface area contributed by atoms with Crippen molar-refractivity contribution in [1.82, 2.24) is 30.1 Å². The fourth-order valence-corrected chi connectivity index (χ4v) is 5.33. The second-order valence-corrected chi connectivity index (χ2v) is 10.3. The van der Waals surface area contributed by atoms with Crippen molar-refractivity contribution >= 4 is 10.9 Å². The minimum Gasteiger partial charge on any atom is -0.454 e. The summed E-state index contributed by atoms with van der Waals surface area (Å²) in [5.74, 6) is 2.23. The predicted octanol–water partition coefficient (Wildman–Crippen LogP) is 5.06. The Morgan fingerprint density at radius 3 is 2.58 bits per heavy atom. The smallest absolute Gasteiger partial charge is 0.252 e. The van der Waals surface area contributed by atoms with Crippen LogP contribution in [0.3, 0.4) is 0 Å². The molecule has 6 rings (SSSR count). The molecule has 0 radical (unpaired) electrons. The number of H-pyrrole nitrogens is 1.